The number of benzene rings is 1. The topological polar surface area (TPSA) is 103 Å². The van der Waals surface area contributed by atoms with Crippen LogP contribution in [0.5, 0.6) is 11.5 Å². The van der Waals surface area contributed by atoms with Gasteiger partial charge in [-0.1, -0.05) is 32.9 Å². The highest BCUT2D eigenvalue weighted by molar-refractivity contribution is 7.09. The molecule has 3 heterocycles. The third-order valence-electron chi connectivity index (χ3n) is 8.23. The molecule has 4 rings (SSSR count). The first-order valence-corrected chi connectivity index (χ1v) is 15.1. The summed E-state index contributed by atoms with van der Waals surface area (Å²) in [5.41, 5.74) is 0.0163. The van der Waals surface area contributed by atoms with Crippen LogP contribution in [-0.4, -0.2) is 62.8 Å². The second-order valence-corrected chi connectivity index (χ2v) is 13.0. The molecule has 1 aromatic carbocycles. The largest absolute Gasteiger partial charge is 0.493 e. The van der Waals surface area contributed by atoms with E-state index in [4.69, 9.17) is 18.9 Å². The Morgan fingerprint density at radius 2 is 1.88 bits per heavy atom. The zero-order valence-corrected chi connectivity index (χ0v) is 26.3. The smallest absolute Gasteiger partial charge is 0.320 e. The molecule has 0 spiro atoms. The Morgan fingerprint density at radius 3 is 2.50 bits per heavy atom. The lowest BCUT2D eigenvalue weighted by atomic mass is 9.65. The number of piperidine rings is 1. The molecule has 0 radical (unpaired) electrons. The summed E-state index contributed by atoms with van der Waals surface area (Å²) in [5, 5.41) is 4.88. The van der Waals surface area contributed by atoms with Crippen molar-refractivity contribution in [1.82, 2.24) is 10.2 Å². The summed E-state index contributed by atoms with van der Waals surface area (Å²) in [6.45, 7) is 8.74. The Morgan fingerprint density at radius 1 is 1.14 bits per heavy atom. The van der Waals surface area contributed by atoms with E-state index in [0.29, 0.717) is 36.7 Å². The maximum absolute atomic E-state index is 14.2. The van der Waals surface area contributed by atoms with Gasteiger partial charge in [-0.05, 0) is 60.4 Å². The number of ether oxygens (including phenoxy) is 4. The van der Waals surface area contributed by atoms with E-state index in [0.717, 1.165) is 10.4 Å². The van der Waals surface area contributed by atoms with Crippen molar-refractivity contribution >= 4 is 29.1 Å². The van der Waals surface area contributed by atoms with Crippen LogP contribution in [0.25, 0.3) is 0 Å². The summed E-state index contributed by atoms with van der Waals surface area (Å²) < 4.78 is 22.7. The highest BCUT2D eigenvalue weighted by Gasteiger charge is 2.60. The third-order valence-corrected chi connectivity index (χ3v) is 9.11. The number of likely N-dealkylation sites (tertiary alicyclic amines) is 1. The molecular formula is C32H42N2O7S. The highest BCUT2D eigenvalue weighted by atomic mass is 32.1. The molecule has 0 saturated carbocycles. The van der Waals surface area contributed by atoms with Gasteiger partial charge in [0.2, 0.25) is 11.8 Å². The number of nitrogens with one attached hydrogen (secondary N) is 1. The molecular weight excluding hydrogens is 556 g/mol. The average molecular weight is 599 g/mol. The Bertz CT molecular complexity index is 1320. The van der Waals surface area contributed by atoms with Gasteiger partial charge in [0.1, 0.15) is 5.41 Å². The number of hydrogen-bond donors (Lipinski definition) is 1. The highest BCUT2D eigenvalue weighted by Crippen LogP contribution is 2.51. The molecule has 2 aliphatic rings. The van der Waals surface area contributed by atoms with Gasteiger partial charge in [0.15, 0.2) is 11.5 Å². The summed E-state index contributed by atoms with van der Waals surface area (Å²) in [4.78, 5) is 43.6. The van der Waals surface area contributed by atoms with Gasteiger partial charge >= 0.3 is 5.97 Å². The fraction of sp³-hybridized carbons (Fsp3) is 0.531. The van der Waals surface area contributed by atoms with E-state index in [9.17, 15) is 14.4 Å². The van der Waals surface area contributed by atoms with E-state index in [-0.39, 0.29) is 36.2 Å². The van der Waals surface area contributed by atoms with Gasteiger partial charge in [-0.2, -0.15) is 0 Å². The Kier molecular flexibility index (Phi) is 9.67. The number of methoxy groups -OCH3 is 3. The van der Waals surface area contributed by atoms with Crippen LogP contribution in [0.3, 0.4) is 0 Å². The monoisotopic (exact) mass is 598 g/mol. The van der Waals surface area contributed by atoms with Crippen molar-refractivity contribution < 1.29 is 33.3 Å². The molecule has 0 unspecified atom stereocenters. The number of nitrogens with zero attached hydrogens (tertiary/aromatic N) is 1. The van der Waals surface area contributed by atoms with Crippen molar-refractivity contribution in [2.24, 2.45) is 16.7 Å². The van der Waals surface area contributed by atoms with Crippen molar-refractivity contribution in [2.45, 2.75) is 65.7 Å². The number of thiophene rings is 1. The Balaban J connectivity index is 1.70. The number of rotatable bonds is 10. The first-order valence-electron chi connectivity index (χ1n) is 14.2. The number of carbonyl (C=O) groups excluding carboxylic acids is 3. The summed E-state index contributed by atoms with van der Waals surface area (Å²) in [7, 11) is 4.51. The van der Waals surface area contributed by atoms with Crippen LogP contribution < -0.4 is 14.8 Å². The van der Waals surface area contributed by atoms with Gasteiger partial charge in [0, 0.05) is 29.5 Å². The minimum Gasteiger partial charge on any atom is -0.493 e. The third kappa shape index (κ3) is 6.34. The van der Waals surface area contributed by atoms with Crippen molar-refractivity contribution in [1.29, 1.82) is 0 Å². The number of esters is 1. The molecule has 42 heavy (non-hydrogen) atoms. The summed E-state index contributed by atoms with van der Waals surface area (Å²) in [6, 6.07) is 9.52. The lowest BCUT2D eigenvalue weighted by molar-refractivity contribution is -0.180. The van der Waals surface area contributed by atoms with E-state index in [1.807, 2.05) is 48.7 Å². The van der Waals surface area contributed by atoms with Gasteiger partial charge in [-0.3, -0.25) is 14.4 Å². The Hall–Kier alpha value is -3.37. The number of carbonyl (C=O) groups is 3. The van der Waals surface area contributed by atoms with Crippen LogP contribution in [0.2, 0.25) is 0 Å². The van der Waals surface area contributed by atoms with Crippen LogP contribution in [0.4, 0.5) is 0 Å². The zero-order valence-electron chi connectivity index (χ0n) is 25.5. The van der Waals surface area contributed by atoms with Gasteiger partial charge in [-0.25, -0.2) is 0 Å². The second-order valence-electron chi connectivity index (χ2n) is 12.0. The van der Waals surface area contributed by atoms with Crippen molar-refractivity contribution in [3.8, 4) is 11.5 Å². The number of hydrogen-bond acceptors (Lipinski definition) is 8. The molecule has 9 nitrogen and oxygen atoms in total. The van der Waals surface area contributed by atoms with E-state index >= 15 is 0 Å². The molecule has 1 aromatic heterocycles. The SMILES string of the molecule is COC(=O)[C@]12C[C@H](CC(=O)NCc3cccs3)C(=O)N(CCc3ccc(OC)c(OC)c3)C1=C[C@H](C(C)(C)C)O[C@@H]2C. The molecule has 1 saturated heterocycles. The molecule has 228 valence electrons. The standard InChI is InChI=1S/C32H42N2O7S/c1-20-32(30(37)40-7)18-22(16-28(35)33-19-23-9-8-14-42-23)29(36)34(26(32)17-27(41-20)31(2,3)4)13-12-21-10-11-24(38-5)25(15-21)39-6/h8-11,14-15,17,20,22,27H,12-13,16,18-19H2,1-7H3,(H,33,35)/t20-,22+,27-,32+/m1/s1. The number of amides is 2. The van der Waals surface area contributed by atoms with E-state index in [1.165, 1.54) is 7.11 Å². The van der Waals surface area contributed by atoms with E-state index in [2.05, 4.69) is 26.1 Å². The summed E-state index contributed by atoms with van der Waals surface area (Å²) in [6.07, 6.45) is 1.58. The van der Waals surface area contributed by atoms with Gasteiger partial charge < -0.3 is 29.2 Å². The van der Waals surface area contributed by atoms with E-state index < -0.39 is 23.4 Å². The molecule has 2 aliphatic heterocycles. The summed E-state index contributed by atoms with van der Waals surface area (Å²) in [5.74, 6) is -0.424. The molecule has 2 amide bonds. The first kappa shape index (κ1) is 31.6. The molecule has 1 fully saturated rings. The predicted octanol–water partition coefficient (Wildman–Crippen LogP) is 4.74. The fourth-order valence-electron chi connectivity index (χ4n) is 5.84. The lowest BCUT2D eigenvalue weighted by Crippen LogP contribution is -2.61. The van der Waals surface area contributed by atoms with Crippen LogP contribution in [0.15, 0.2) is 47.5 Å². The number of fused-ring (bicyclic) bond motifs is 1. The minimum absolute atomic E-state index is 0.0431. The quantitative estimate of drug-likeness (QED) is 0.394. The summed E-state index contributed by atoms with van der Waals surface area (Å²) >= 11 is 1.55. The maximum Gasteiger partial charge on any atom is 0.320 e. The van der Waals surface area contributed by atoms with Gasteiger partial charge in [0.05, 0.1) is 40.1 Å². The van der Waals surface area contributed by atoms with Crippen LogP contribution in [0.1, 0.15) is 51.0 Å². The molecule has 10 heteroatoms. The molecule has 0 aliphatic carbocycles. The lowest BCUT2D eigenvalue weighted by Gasteiger charge is -2.53. The van der Waals surface area contributed by atoms with E-state index in [1.54, 1.807) is 30.5 Å². The normalized spacial score (nSPS) is 24.0. The minimum atomic E-state index is -1.24. The van der Waals surface area contributed by atoms with Crippen LogP contribution in [0, 0.1) is 16.7 Å². The first-order chi connectivity index (χ1) is 19.9. The van der Waals surface area contributed by atoms with Crippen molar-refractivity contribution in [2.75, 3.05) is 27.9 Å². The fourth-order valence-corrected chi connectivity index (χ4v) is 6.49. The van der Waals surface area contributed by atoms with Crippen molar-refractivity contribution in [3.05, 3.63) is 57.9 Å². The van der Waals surface area contributed by atoms with Gasteiger partial charge in [0.25, 0.3) is 0 Å². The molecule has 4 atom stereocenters. The van der Waals surface area contributed by atoms with Gasteiger partial charge in [-0.15, -0.1) is 11.3 Å². The van der Waals surface area contributed by atoms with Crippen LogP contribution >= 0.6 is 11.3 Å². The second kappa shape index (κ2) is 12.9. The maximum atomic E-state index is 14.2. The molecule has 2 aromatic rings. The predicted molar refractivity (Wildman–Crippen MR) is 160 cm³/mol. The van der Waals surface area contributed by atoms with Crippen LogP contribution in [-0.2, 0) is 36.8 Å². The molecule has 1 N–H and O–H groups in total. The average Bonchev–Trinajstić information content (AvgIpc) is 3.49. The molecule has 0 bridgehead atoms. The zero-order chi connectivity index (χ0) is 30.7. The Labute approximate surface area is 252 Å². The van der Waals surface area contributed by atoms with Crippen molar-refractivity contribution in [3.63, 3.8) is 0 Å².